The number of esters is 2. The Morgan fingerprint density at radius 3 is 2.09 bits per heavy atom. The Balaban J connectivity index is 2.05. The Morgan fingerprint density at radius 1 is 1.03 bits per heavy atom. The number of piperazine rings is 1. The Morgan fingerprint density at radius 2 is 1.59 bits per heavy atom. The normalized spacial score (nSPS) is 15.6. The molecule has 1 aromatic heterocycles. The number of anilines is 1. The van der Waals surface area contributed by atoms with Crippen LogP contribution < -0.4 is 5.32 Å². The molecule has 0 atom stereocenters. The Bertz CT molecular complexity index is 949. The molecular weight excluding hydrogens is 460 g/mol. The fourth-order valence-corrected chi connectivity index (χ4v) is 6.17. The predicted octanol–water partition coefficient (Wildman–Crippen LogP) is 0.772. The molecule has 1 aliphatic rings. The van der Waals surface area contributed by atoms with Crippen LogP contribution in [0.15, 0.2) is 0 Å². The van der Waals surface area contributed by atoms with E-state index in [0.29, 0.717) is 31.7 Å². The predicted molar refractivity (Wildman–Crippen MR) is 120 cm³/mol. The van der Waals surface area contributed by atoms with Gasteiger partial charge in [-0.2, -0.15) is 17.0 Å². The summed E-state index contributed by atoms with van der Waals surface area (Å²) in [5, 5.41) is 2.89. The van der Waals surface area contributed by atoms with Gasteiger partial charge in [0.2, 0.25) is 5.91 Å². The zero-order chi connectivity index (χ0) is 24.1. The van der Waals surface area contributed by atoms with Crippen molar-refractivity contribution in [3.8, 4) is 0 Å². The molecular formula is C19H30N4O7S2. The van der Waals surface area contributed by atoms with Crippen molar-refractivity contribution >= 4 is 44.4 Å². The van der Waals surface area contributed by atoms with Crippen LogP contribution in [0, 0.1) is 6.92 Å². The number of amides is 1. The van der Waals surface area contributed by atoms with Crippen LogP contribution in [-0.2, 0) is 24.5 Å². The summed E-state index contributed by atoms with van der Waals surface area (Å²) < 4.78 is 37.6. The van der Waals surface area contributed by atoms with E-state index in [1.807, 2.05) is 4.90 Å². The van der Waals surface area contributed by atoms with Crippen molar-refractivity contribution in [2.75, 3.05) is 65.3 Å². The third-order valence-electron chi connectivity index (χ3n) is 5.22. The van der Waals surface area contributed by atoms with Crippen LogP contribution >= 0.6 is 11.3 Å². The number of ether oxygens (including phenoxy) is 2. The van der Waals surface area contributed by atoms with E-state index in [2.05, 4.69) is 5.32 Å². The maximum Gasteiger partial charge on any atom is 0.348 e. The topological polar surface area (TPSA) is 126 Å². The van der Waals surface area contributed by atoms with Crippen molar-refractivity contribution in [3.63, 3.8) is 0 Å². The molecule has 1 amide bonds. The molecule has 1 saturated heterocycles. The van der Waals surface area contributed by atoms with Gasteiger partial charge in [-0.05, 0) is 12.5 Å². The van der Waals surface area contributed by atoms with Gasteiger partial charge in [-0.15, -0.1) is 11.3 Å². The van der Waals surface area contributed by atoms with Crippen molar-refractivity contribution in [3.05, 3.63) is 16.0 Å². The molecule has 1 fully saturated rings. The number of nitrogens with one attached hydrogen (secondary N) is 1. The summed E-state index contributed by atoms with van der Waals surface area (Å²) in [4.78, 5) is 38.8. The maximum absolute atomic E-state index is 12.6. The lowest BCUT2D eigenvalue weighted by molar-refractivity contribution is -0.117. The average Bonchev–Trinajstić information content (AvgIpc) is 3.09. The molecule has 1 N–H and O–H groups in total. The largest absolute Gasteiger partial charge is 0.465 e. The van der Waals surface area contributed by atoms with Crippen molar-refractivity contribution < 1.29 is 32.3 Å². The summed E-state index contributed by atoms with van der Waals surface area (Å²) in [5.41, 5.74) is 0.487. The summed E-state index contributed by atoms with van der Waals surface area (Å²) in [6.07, 6.45) is 0. The van der Waals surface area contributed by atoms with Crippen LogP contribution in [0.3, 0.4) is 0 Å². The van der Waals surface area contributed by atoms with Gasteiger partial charge in [-0.25, -0.2) is 9.59 Å². The zero-order valence-corrected chi connectivity index (χ0v) is 20.6. The van der Waals surface area contributed by atoms with E-state index in [9.17, 15) is 22.8 Å². The molecule has 0 saturated carbocycles. The minimum atomic E-state index is -3.51. The number of rotatable bonds is 9. The highest BCUT2D eigenvalue weighted by molar-refractivity contribution is 7.86. The first kappa shape index (κ1) is 26.2. The molecule has 11 nitrogen and oxygen atoms in total. The Kier molecular flexibility index (Phi) is 9.16. The lowest BCUT2D eigenvalue weighted by Crippen LogP contribution is -2.54. The average molecular weight is 491 g/mol. The van der Waals surface area contributed by atoms with Crippen LogP contribution in [0.4, 0.5) is 5.00 Å². The molecule has 32 heavy (non-hydrogen) atoms. The summed E-state index contributed by atoms with van der Waals surface area (Å²) in [7, 11) is -1.06. The molecule has 0 spiro atoms. The standard InChI is InChI=1S/C19H30N4O7S2/c1-6-22(7-2)32(27,28)23-10-8-21(9-11-23)12-14(24)20-17-15(18(25)29-4)13(3)16(31-17)19(26)30-5/h6-12H2,1-5H3,(H,20,24). The van der Waals surface area contributed by atoms with Gasteiger partial charge in [0, 0.05) is 39.3 Å². The zero-order valence-electron chi connectivity index (χ0n) is 19.0. The monoisotopic (exact) mass is 490 g/mol. The third kappa shape index (κ3) is 5.64. The number of carbonyl (C=O) groups excluding carboxylic acids is 3. The quantitative estimate of drug-likeness (QED) is 0.503. The first-order valence-corrected chi connectivity index (χ1v) is 12.4. The Labute approximate surface area is 192 Å². The minimum absolute atomic E-state index is 0.0181. The summed E-state index contributed by atoms with van der Waals surface area (Å²) in [6.45, 7) is 7.35. The van der Waals surface area contributed by atoms with Crippen molar-refractivity contribution in [2.45, 2.75) is 20.8 Å². The van der Waals surface area contributed by atoms with E-state index in [1.54, 1.807) is 20.8 Å². The van der Waals surface area contributed by atoms with Gasteiger partial charge in [0.15, 0.2) is 0 Å². The first-order valence-electron chi connectivity index (χ1n) is 10.2. The van der Waals surface area contributed by atoms with Gasteiger partial charge >= 0.3 is 11.9 Å². The summed E-state index contributed by atoms with van der Waals surface area (Å²) in [6, 6.07) is 0. The number of hydrogen-bond donors (Lipinski definition) is 1. The fraction of sp³-hybridized carbons (Fsp3) is 0.632. The first-order chi connectivity index (χ1) is 15.1. The number of hydrogen-bond acceptors (Lipinski definition) is 9. The molecule has 13 heteroatoms. The van der Waals surface area contributed by atoms with Gasteiger partial charge in [0.25, 0.3) is 10.2 Å². The van der Waals surface area contributed by atoms with E-state index >= 15 is 0 Å². The second-order valence-electron chi connectivity index (χ2n) is 7.06. The van der Waals surface area contributed by atoms with Gasteiger partial charge < -0.3 is 14.8 Å². The van der Waals surface area contributed by atoms with E-state index in [4.69, 9.17) is 9.47 Å². The van der Waals surface area contributed by atoms with Gasteiger partial charge in [0.1, 0.15) is 9.88 Å². The highest BCUT2D eigenvalue weighted by atomic mass is 32.2. The van der Waals surface area contributed by atoms with Gasteiger partial charge in [-0.1, -0.05) is 13.8 Å². The van der Waals surface area contributed by atoms with E-state index in [0.717, 1.165) is 11.3 Å². The van der Waals surface area contributed by atoms with Crippen LogP contribution in [0.1, 0.15) is 39.4 Å². The van der Waals surface area contributed by atoms with Crippen molar-refractivity contribution in [1.82, 2.24) is 13.5 Å². The molecule has 0 radical (unpaired) electrons. The third-order valence-corrected chi connectivity index (χ3v) is 8.59. The van der Waals surface area contributed by atoms with Crippen LogP contribution in [0.5, 0.6) is 0 Å². The lowest BCUT2D eigenvalue weighted by atomic mass is 10.1. The summed E-state index contributed by atoms with van der Waals surface area (Å²) in [5.74, 6) is -1.66. The number of nitrogens with zero attached hydrogens (tertiary/aromatic N) is 3. The molecule has 2 rings (SSSR count). The van der Waals surface area contributed by atoms with Crippen molar-refractivity contribution in [2.24, 2.45) is 0 Å². The molecule has 180 valence electrons. The van der Waals surface area contributed by atoms with E-state index in [1.165, 1.54) is 22.8 Å². The maximum atomic E-state index is 12.6. The SMILES string of the molecule is CCN(CC)S(=O)(=O)N1CCN(CC(=O)Nc2sc(C(=O)OC)c(C)c2C(=O)OC)CC1. The number of thiophene rings is 1. The van der Waals surface area contributed by atoms with Gasteiger partial charge in [0.05, 0.1) is 26.3 Å². The van der Waals surface area contributed by atoms with Crippen LogP contribution in [0.25, 0.3) is 0 Å². The smallest absolute Gasteiger partial charge is 0.348 e. The highest BCUT2D eigenvalue weighted by Crippen LogP contribution is 2.34. The molecule has 0 aliphatic carbocycles. The molecule has 0 aromatic carbocycles. The number of carbonyl (C=O) groups is 3. The molecule has 0 bridgehead atoms. The summed E-state index contributed by atoms with van der Waals surface area (Å²) >= 11 is 0.946. The van der Waals surface area contributed by atoms with Crippen LogP contribution in [0.2, 0.25) is 0 Å². The molecule has 1 aliphatic heterocycles. The Hall–Kier alpha value is -2.06. The van der Waals surface area contributed by atoms with E-state index in [-0.39, 0.29) is 41.0 Å². The second kappa shape index (κ2) is 11.2. The minimum Gasteiger partial charge on any atom is -0.465 e. The highest BCUT2D eigenvalue weighted by Gasteiger charge is 2.32. The van der Waals surface area contributed by atoms with Crippen LogP contribution in [-0.4, -0.2) is 99.8 Å². The second-order valence-corrected chi connectivity index (χ2v) is 10.0. The number of methoxy groups -OCH3 is 2. The van der Waals surface area contributed by atoms with E-state index < -0.39 is 22.1 Å². The molecule has 0 unspecified atom stereocenters. The molecule has 1 aromatic rings. The van der Waals surface area contributed by atoms with Crippen molar-refractivity contribution in [1.29, 1.82) is 0 Å². The fourth-order valence-electron chi connectivity index (χ4n) is 3.44. The lowest BCUT2D eigenvalue weighted by Gasteiger charge is -2.35. The molecule has 2 heterocycles. The van der Waals surface area contributed by atoms with Gasteiger partial charge in [-0.3, -0.25) is 9.69 Å².